The van der Waals surface area contributed by atoms with Crippen molar-refractivity contribution in [3.05, 3.63) is 0 Å². The maximum Gasteiger partial charge on any atom is 0.0254 e. The fraction of sp³-hybridized carbons (Fsp3) is 1.00. The van der Waals surface area contributed by atoms with Crippen molar-refractivity contribution in [1.82, 2.24) is 9.80 Å². The molecule has 1 heterocycles. The molecule has 0 aromatic heterocycles. The molecule has 1 saturated heterocycles. The molecule has 0 spiro atoms. The Labute approximate surface area is 106 Å². The molecule has 100 valence electrons. The lowest BCUT2D eigenvalue weighted by Gasteiger charge is -2.30. The molecule has 2 unspecified atom stereocenters. The second-order valence-corrected chi connectivity index (χ2v) is 6.51. The van der Waals surface area contributed by atoms with Crippen LogP contribution in [0.5, 0.6) is 0 Å². The summed E-state index contributed by atoms with van der Waals surface area (Å²) >= 11 is 0. The lowest BCUT2D eigenvalue weighted by molar-refractivity contribution is 0.208. The van der Waals surface area contributed by atoms with Gasteiger partial charge in [0.05, 0.1) is 0 Å². The van der Waals surface area contributed by atoms with Gasteiger partial charge in [-0.3, -0.25) is 0 Å². The molecule has 0 aromatic carbocycles. The average molecular weight is 239 g/mol. The Balaban J connectivity index is 1.77. The van der Waals surface area contributed by atoms with Crippen molar-refractivity contribution >= 4 is 0 Å². The van der Waals surface area contributed by atoms with Crippen LogP contribution in [0.15, 0.2) is 0 Å². The Hall–Kier alpha value is -0.120. The van der Waals surface area contributed by atoms with Gasteiger partial charge in [0.15, 0.2) is 0 Å². The van der Waals surface area contributed by atoms with Gasteiger partial charge in [-0.05, 0) is 51.6 Å². The SMILES string of the molecule is CC1CN(CC2CCC(N)CC2)CC1N(C)C. The molecule has 1 aliphatic carbocycles. The van der Waals surface area contributed by atoms with E-state index < -0.39 is 0 Å². The molecule has 2 atom stereocenters. The summed E-state index contributed by atoms with van der Waals surface area (Å²) in [4.78, 5) is 5.07. The highest BCUT2D eigenvalue weighted by Gasteiger charge is 2.32. The van der Waals surface area contributed by atoms with Gasteiger partial charge in [-0.15, -0.1) is 0 Å². The van der Waals surface area contributed by atoms with Gasteiger partial charge in [0.1, 0.15) is 0 Å². The van der Waals surface area contributed by atoms with Crippen molar-refractivity contribution in [2.24, 2.45) is 17.6 Å². The Bertz CT molecular complexity index is 234. The molecule has 1 aliphatic heterocycles. The van der Waals surface area contributed by atoms with Crippen LogP contribution in [0.1, 0.15) is 32.6 Å². The number of likely N-dealkylation sites (tertiary alicyclic amines) is 1. The molecule has 2 N–H and O–H groups in total. The zero-order chi connectivity index (χ0) is 12.4. The molecule has 3 nitrogen and oxygen atoms in total. The Morgan fingerprint density at radius 2 is 1.76 bits per heavy atom. The van der Waals surface area contributed by atoms with Crippen molar-refractivity contribution < 1.29 is 0 Å². The zero-order valence-electron chi connectivity index (χ0n) is 11.7. The third-order valence-corrected chi connectivity index (χ3v) is 4.72. The summed E-state index contributed by atoms with van der Waals surface area (Å²) in [6.45, 7) is 6.24. The first-order chi connectivity index (χ1) is 8.06. The topological polar surface area (TPSA) is 32.5 Å². The minimum absolute atomic E-state index is 0.485. The number of likely N-dealkylation sites (N-methyl/N-ethyl adjacent to an activating group) is 1. The highest BCUT2D eigenvalue weighted by molar-refractivity contribution is 4.88. The van der Waals surface area contributed by atoms with E-state index in [0.29, 0.717) is 6.04 Å². The van der Waals surface area contributed by atoms with Gasteiger partial charge in [-0.1, -0.05) is 6.92 Å². The quantitative estimate of drug-likeness (QED) is 0.808. The van der Waals surface area contributed by atoms with Crippen LogP contribution in [0.4, 0.5) is 0 Å². The van der Waals surface area contributed by atoms with Crippen molar-refractivity contribution in [3.63, 3.8) is 0 Å². The summed E-state index contributed by atoms with van der Waals surface area (Å²) < 4.78 is 0. The minimum atomic E-state index is 0.485. The number of nitrogens with zero attached hydrogens (tertiary/aromatic N) is 2. The summed E-state index contributed by atoms with van der Waals surface area (Å²) in [6, 6.07) is 1.24. The normalized spacial score (nSPS) is 40.1. The molecular weight excluding hydrogens is 210 g/mol. The molecule has 2 rings (SSSR count). The van der Waals surface area contributed by atoms with Crippen molar-refractivity contribution in [2.45, 2.75) is 44.7 Å². The Morgan fingerprint density at radius 1 is 1.12 bits per heavy atom. The summed E-state index contributed by atoms with van der Waals surface area (Å²) in [5.74, 6) is 1.72. The summed E-state index contributed by atoms with van der Waals surface area (Å²) in [7, 11) is 4.43. The van der Waals surface area contributed by atoms with E-state index in [-0.39, 0.29) is 0 Å². The van der Waals surface area contributed by atoms with Gasteiger partial charge >= 0.3 is 0 Å². The lowest BCUT2D eigenvalue weighted by Crippen LogP contribution is -2.36. The number of hydrogen-bond acceptors (Lipinski definition) is 3. The zero-order valence-corrected chi connectivity index (χ0v) is 11.7. The first-order valence-corrected chi connectivity index (χ1v) is 7.20. The van der Waals surface area contributed by atoms with Crippen molar-refractivity contribution in [1.29, 1.82) is 0 Å². The molecule has 3 heteroatoms. The smallest absolute Gasteiger partial charge is 0.0254 e. The third-order valence-electron chi connectivity index (χ3n) is 4.72. The van der Waals surface area contributed by atoms with E-state index in [1.165, 1.54) is 45.3 Å². The van der Waals surface area contributed by atoms with Crippen LogP contribution >= 0.6 is 0 Å². The van der Waals surface area contributed by atoms with E-state index in [4.69, 9.17) is 5.73 Å². The highest BCUT2D eigenvalue weighted by Crippen LogP contribution is 2.27. The highest BCUT2D eigenvalue weighted by atomic mass is 15.2. The van der Waals surface area contributed by atoms with Crippen LogP contribution in [0.2, 0.25) is 0 Å². The van der Waals surface area contributed by atoms with Crippen LogP contribution < -0.4 is 5.73 Å². The molecule has 0 aromatic rings. The summed E-state index contributed by atoms with van der Waals surface area (Å²) in [6.07, 6.45) is 5.17. The van der Waals surface area contributed by atoms with Gasteiger partial charge in [0.25, 0.3) is 0 Å². The van der Waals surface area contributed by atoms with E-state index in [0.717, 1.165) is 17.9 Å². The Morgan fingerprint density at radius 3 is 2.29 bits per heavy atom. The average Bonchev–Trinajstić information content (AvgIpc) is 2.63. The number of hydrogen-bond donors (Lipinski definition) is 1. The largest absolute Gasteiger partial charge is 0.328 e. The summed E-state index contributed by atoms with van der Waals surface area (Å²) in [5, 5.41) is 0. The first-order valence-electron chi connectivity index (χ1n) is 7.20. The molecule has 2 fully saturated rings. The van der Waals surface area contributed by atoms with Gasteiger partial charge in [-0.25, -0.2) is 0 Å². The van der Waals surface area contributed by atoms with E-state index in [9.17, 15) is 0 Å². The lowest BCUT2D eigenvalue weighted by atomic mass is 9.86. The fourth-order valence-electron chi connectivity index (χ4n) is 3.61. The van der Waals surface area contributed by atoms with Crippen LogP contribution in [0.25, 0.3) is 0 Å². The third kappa shape index (κ3) is 3.43. The predicted octanol–water partition coefficient (Wildman–Crippen LogP) is 1.39. The second-order valence-electron chi connectivity index (χ2n) is 6.51. The van der Waals surface area contributed by atoms with Gasteiger partial charge in [-0.2, -0.15) is 0 Å². The molecular formula is C14H29N3. The van der Waals surface area contributed by atoms with Gasteiger partial charge in [0.2, 0.25) is 0 Å². The van der Waals surface area contributed by atoms with Gasteiger partial charge in [0, 0.05) is 31.7 Å². The van der Waals surface area contributed by atoms with Crippen LogP contribution in [0, 0.1) is 11.8 Å². The summed E-state index contributed by atoms with van der Waals surface area (Å²) in [5.41, 5.74) is 5.97. The Kier molecular flexibility index (Phi) is 4.45. The van der Waals surface area contributed by atoms with E-state index in [1.54, 1.807) is 0 Å². The van der Waals surface area contributed by atoms with E-state index >= 15 is 0 Å². The maximum absolute atomic E-state index is 5.97. The standard InChI is InChI=1S/C14H29N3/c1-11-8-17(10-14(11)16(2)3)9-12-4-6-13(15)7-5-12/h11-14H,4-10,15H2,1-3H3. The number of nitrogens with two attached hydrogens (primary N) is 1. The van der Waals surface area contributed by atoms with E-state index in [1.807, 2.05) is 0 Å². The van der Waals surface area contributed by atoms with Gasteiger partial charge < -0.3 is 15.5 Å². The van der Waals surface area contributed by atoms with Crippen molar-refractivity contribution in [2.75, 3.05) is 33.7 Å². The van der Waals surface area contributed by atoms with Crippen LogP contribution in [-0.2, 0) is 0 Å². The second kappa shape index (κ2) is 5.68. The number of rotatable bonds is 3. The minimum Gasteiger partial charge on any atom is -0.328 e. The molecule has 2 aliphatic rings. The molecule has 0 radical (unpaired) electrons. The van der Waals surface area contributed by atoms with Crippen LogP contribution in [-0.4, -0.2) is 55.6 Å². The predicted molar refractivity (Wildman–Crippen MR) is 73.0 cm³/mol. The fourth-order valence-corrected chi connectivity index (χ4v) is 3.61. The van der Waals surface area contributed by atoms with E-state index in [2.05, 4.69) is 30.8 Å². The molecule has 0 amide bonds. The molecule has 1 saturated carbocycles. The van der Waals surface area contributed by atoms with Crippen LogP contribution in [0.3, 0.4) is 0 Å². The first kappa shape index (κ1) is 13.3. The van der Waals surface area contributed by atoms with Crippen molar-refractivity contribution in [3.8, 4) is 0 Å². The maximum atomic E-state index is 5.97. The monoisotopic (exact) mass is 239 g/mol. The molecule has 17 heavy (non-hydrogen) atoms. The molecule has 0 bridgehead atoms.